The molecule has 14 atom stereocenters. The van der Waals surface area contributed by atoms with E-state index in [1.165, 1.54) is 110 Å². The summed E-state index contributed by atoms with van der Waals surface area (Å²) >= 11 is 0. The SMILES string of the molecule is c1ccc(-c2c3ccccc3c(C3CC4OC5CCC6CCCC7C8CCCC9C%10CCCC3C%10C4N(C89)C5C67)c3ccccc23)cc1. The van der Waals surface area contributed by atoms with Crippen LogP contribution in [0.25, 0.3) is 32.7 Å². The van der Waals surface area contributed by atoms with E-state index in [0.717, 1.165) is 59.4 Å². The van der Waals surface area contributed by atoms with Crippen LogP contribution in [0.4, 0.5) is 0 Å². The van der Waals surface area contributed by atoms with Gasteiger partial charge < -0.3 is 4.74 Å². The second kappa shape index (κ2) is 10.4. The molecular weight excluding hydrogens is 583 g/mol. The van der Waals surface area contributed by atoms with Crippen LogP contribution in [0.1, 0.15) is 88.5 Å². The van der Waals surface area contributed by atoms with E-state index in [1.807, 2.05) is 0 Å². The second-order valence-corrected chi connectivity index (χ2v) is 17.8. The number of nitrogens with zero attached hydrogens (tertiary/aromatic N) is 1. The van der Waals surface area contributed by atoms with E-state index >= 15 is 0 Å². The third kappa shape index (κ3) is 3.62. The molecule has 0 bridgehead atoms. The Bertz CT molecular complexity index is 1840. The topological polar surface area (TPSA) is 12.5 Å². The molecule has 0 spiro atoms. The maximum Gasteiger partial charge on any atom is 0.0743 e. The predicted molar refractivity (Wildman–Crippen MR) is 195 cm³/mol. The molecule has 2 heteroatoms. The molecule has 4 aromatic carbocycles. The lowest BCUT2D eigenvalue weighted by Crippen LogP contribution is -2.81. The summed E-state index contributed by atoms with van der Waals surface area (Å²) in [4.78, 5) is 3.36. The van der Waals surface area contributed by atoms with Crippen molar-refractivity contribution in [1.82, 2.24) is 4.90 Å². The van der Waals surface area contributed by atoms with Crippen molar-refractivity contribution in [3.8, 4) is 11.1 Å². The van der Waals surface area contributed by atoms with E-state index in [-0.39, 0.29) is 0 Å². The number of piperidine rings is 2. The molecule has 3 heterocycles. The Balaban J connectivity index is 1.06. The molecule has 5 aliphatic carbocycles. The Morgan fingerprint density at radius 3 is 1.79 bits per heavy atom. The Labute approximate surface area is 286 Å². The Morgan fingerprint density at radius 2 is 1.06 bits per heavy atom. The summed E-state index contributed by atoms with van der Waals surface area (Å²) < 4.78 is 7.66. The molecule has 5 saturated carbocycles. The summed E-state index contributed by atoms with van der Waals surface area (Å²) in [5.74, 6) is 7.84. The molecule has 0 amide bonds. The van der Waals surface area contributed by atoms with Gasteiger partial charge in [0.25, 0.3) is 0 Å². The number of ether oxygens (including phenoxy) is 1. The average molecular weight is 634 g/mol. The lowest BCUT2D eigenvalue weighted by atomic mass is 9.44. The Morgan fingerprint density at radius 1 is 0.479 bits per heavy atom. The van der Waals surface area contributed by atoms with Gasteiger partial charge in [-0.2, -0.15) is 0 Å². The molecule has 0 aromatic heterocycles. The standard InChI is InChI=1S/C46H51NO/c1-2-11-26(12-3-1)40-28-14-4-6-16-30(28)42(31-17-7-5-15-29(31)40)37-25-39-46-43-33(19-9-20-34(37)43)36-22-10-21-35-32-18-8-13-27-23-24-38(48-39)45(41(27)32)47(46)44(35)36/h1-7,11-12,14-17,27,32-39,41,43-46H,8-10,13,18-25H2. The van der Waals surface area contributed by atoms with Gasteiger partial charge in [-0.3, -0.25) is 4.90 Å². The van der Waals surface area contributed by atoms with Gasteiger partial charge >= 0.3 is 0 Å². The van der Waals surface area contributed by atoms with E-state index in [1.54, 1.807) is 5.56 Å². The first kappa shape index (κ1) is 28.1. The van der Waals surface area contributed by atoms with Crippen molar-refractivity contribution in [2.24, 2.45) is 47.3 Å². The van der Waals surface area contributed by atoms with E-state index in [0.29, 0.717) is 24.2 Å². The first-order valence-corrected chi connectivity index (χ1v) is 20.3. The van der Waals surface area contributed by atoms with Crippen LogP contribution < -0.4 is 0 Å². The van der Waals surface area contributed by atoms with Gasteiger partial charge in [-0.1, -0.05) is 105 Å². The highest BCUT2D eigenvalue weighted by molar-refractivity contribution is 6.15. The summed E-state index contributed by atoms with van der Waals surface area (Å²) in [6.45, 7) is 0. The zero-order chi connectivity index (χ0) is 31.1. The van der Waals surface area contributed by atoms with Gasteiger partial charge in [0.05, 0.1) is 12.2 Å². The van der Waals surface area contributed by atoms with Gasteiger partial charge in [-0.05, 0) is 143 Å². The number of morpholine rings is 1. The summed E-state index contributed by atoms with van der Waals surface area (Å²) in [7, 11) is 0. The first-order valence-electron chi connectivity index (χ1n) is 20.3. The largest absolute Gasteiger partial charge is 0.372 e. The number of benzene rings is 4. The third-order valence-electron chi connectivity index (χ3n) is 16.4. The number of hydrogen-bond donors (Lipinski definition) is 0. The van der Waals surface area contributed by atoms with Crippen molar-refractivity contribution in [2.75, 3.05) is 0 Å². The maximum atomic E-state index is 7.66. The fraction of sp³-hybridized carbons (Fsp3) is 0.565. The monoisotopic (exact) mass is 633 g/mol. The molecule has 14 unspecified atom stereocenters. The molecule has 0 radical (unpaired) electrons. The Kier molecular flexibility index (Phi) is 6.10. The van der Waals surface area contributed by atoms with Crippen molar-refractivity contribution < 1.29 is 4.74 Å². The first-order chi connectivity index (χ1) is 23.8. The molecule has 3 aliphatic heterocycles. The molecule has 8 fully saturated rings. The number of hydrogen-bond acceptors (Lipinski definition) is 2. The van der Waals surface area contributed by atoms with Crippen LogP contribution in [0, 0.1) is 47.3 Å². The molecular formula is C46H51NO. The van der Waals surface area contributed by atoms with Crippen LogP contribution in [-0.2, 0) is 4.74 Å². The van der Waals surface area contributed by atoms with Crippen LogP contribution in [0.3, 0.4) is 0 Å². The van der Waals surface area contributed by atoms with E-state index in [9.17, 15) is 0 Å². The summed E-state index contributed by atoms with van der Waals surface area (Å²) in [6.07, 6.45) is 18.2. The fourth-order valence-electron chi connectivity index (χ4n) is 15.4. The number of rotatable bonds is 2. The van der Waals surface area contributed by atoms with Crippen LogP contribution in [0.15, 0.2) is 78.9 Å². The normalized spacial score (nSPS) is 43.9. The zero-order valence-corrected chi connectivity index (χ0v) is 28.4. The van der Waals surface area contributed by atoms with E-state index in [2.05, 4.69) is 83.8 Å². The van der Waals surface area contributed by atoms with Crippen molar-refractivity contribution >= 4 is 21.5 Å². The molecule has 48 heavy (non-hydrogen) atoms. The minimum atomic E-state index is 0.393. The molecule has 3 saturated heterocycles. The van der Waals surface area contributed by atoms with Crippen molar-refractivity contribution in [3.05, 3.63) is 84.4 Å². The van der Waals surface area contributed by atoms with Gasteiger partial charge in [-0.25, -0.2) is 0 Å². The van der Waals surface area contributed by atoms with E-state index < -0.39 is 0 Å². The zero-order valence-electron chi connectivity index (χ0n) is 28.4. The highest BCUT2D eigenvalue weighted by Gasteiger charge is 2.69. The molecule has 0 N–H and O–H groups in total. The second-order valence-electron chi connectivity index (χ2n) is 17.8. The summed E-state index contributed by atoms with van der Waals surface area (Å²) in [5.41, 5.74) is 4.42. The van der Waals surface area contributed by atoms with Gasteiger partial charge in [0.15, 0.2) is 0 Å². The van der Waals surface area contributed by atoms with Crippen LogP contribution >= 0.6 is 0 Å². The van der Waals surface area contributed by atoms with Crippen LogP contribution in [0.5, 0.6) is 0 Å². The smallest absolute Gasteiger partial charge is 0.0743 e. The highest BCUT2D eigenvalue weighted by atomic mass is 16.5. The minimum absolute atomic E-state index is 0.393. The molecule has 4 aromatic rings. The maximum absolute atomic E-state index is 7.66. The van der Waals surface area contributed by atoms with Gasteiger partial charge in [-0.15, -0.1) is 0 Å². The Hall–Kier alpha value is -2.68. The van der Waals surface area contributed by atoms with Gasteiger partial charge in [0.1, 0.15) is 0 Å². The van der Waals surface area contributed by atoms with Crippen molar-refractivity contribution in [2.45, 2.75) is 113 Å². The average Bonchev–Trinajstić information content (AvgIpc) is 3.15. The van der Waals surface area contributed by atoms with Crippen LogP contribution in [0.2, 0.25) is 0 Å². The number of fused-ring (bicyclic) bond motifs is 4. The molecule has 8 aliphatic rings. The summed E-state index contributed by atoms with van der Waals surface area (Å²) in [6, 6.07) is 32.4. The lowest BCUT2D eigenvalue weighted by molar-refractivity contribution is -0.305. The quantitative estimate of drug-likeness (QED) is 0.204. The van der Waals surface area contributed by atoms with Crippen molar-refractivity contribution in [1.29, 1.82) is 0 Å². The van der Waals surface area contributed by atoms with Gasteiger partial charge in [0.2, 0.25) is 0 Å². The lowest BCUT2D eigenvalue weighted by Gasteiger charge is -2.75. The van der Waals surface area contributed by atoms with Gasteiger partial charge in [0, 0.05) is 18.1 Å². The summed E-state index contributed by atoms with van der Waals surface area (Å²) in [5, 5.41) is 5.88. The molecule has 246 valence electrons. The van der Waals surface area contributed by atoms with Crippen LogP contribution in [-0.4, -0.2) is 35.2 Å². The van der Waals surface area contributed by atoms with Crippen molar-refractivity contribution in [3.63, 3.8) is 0 Å². The van der Waals surface area contributed by atoms with E-state index in [4.69, 9.17) is 4.74 Å². The predicted octanol–water partition coefficient (Wildman–Crippen LogP) is 10.6. The fourth-order valence-corrected chi connectivity index (χ4v) is 15.4. The third-order valence-corrected chi connectivity index (χ3v) is 16.4. The minimum Gasteiger partial charge on any atom is -0.372 e. The molecule has 12 rings (SSSR count). The highest BCUT2D eigenvalue weighted by Crippen LogP contribution is 2.68. The molecule has 2 nitrogen and oxygen atoms in total.